The first kappa shape index (κ1) is 26.3. The van der Waals surface area contributed by atoms with Gasteiger partial charge in [0.25, 0.3) is 0 Å². The lowest BCUT2D eigenvalue weighted by Gasteiger charge is -2.34. The average Bonchev–Trinajstić information content (AvgIpc) is 3.31. The Morgan fingerprint density at radius 1 is 1.29 bits per heavy atom. The number of rotatable bonds is 8. The second-order valence-corrected chi connectivity index (χ2v) is 8.86. The molecule has 0 aromatic carbocycles. The van der Waals surface area contributed by atoms with E-state index < -0.39 is 0 Å². The summed E-state index contributed by atoms with van der Waals surface area (Å²) in [6.07, 6.45) is 3.59. The van der Waals surface area contributed by atoms with Crippen LogP contribution in [0.25, 0.3) is 0 Å². The van der Waals surface area contributed by atoms with Crippen LogP contribution < -0.4 is 10.6 Å². The Bertz CT molecular complexity index is 662. The van der Waals surface area contributed by atoms with E-state index in [0.717, 1.165) is 45.8 Å². The summed E-state index contributed by atoms with van der Waals surface area (Å²) in [7, 11) is 3.50. The summed E-state index contributed by atoms with van der Waals surface area (Å²) in [5, 5.41) is 8.98. The Morgan fingerprint density at radius 2 is 2.10 bits per heavy atom. The highest BCUT2D eigenvalue weighted by molar-refractivity contribution is 14.0. The van der Waals surface area contributed by atoms with E-state index in [9.17, 15) is 4.79 Å². The number of hydrogen-bond acceptors (Lipinski definition) is 6. The summed E-state index contributed by atoms with van der Waals surface area (Å²) in [5.41, 5.74) is 0. The summed E-state index contributed by atoms with van der Waals surface area (Å²) >= 11 is 1.77. The number of hydrogen-bond donors (Lipinski definition) is 2. The van der Waals surface area contributed by atoms with E-state index in [1.165, 1.54) is 11.3 Å². The lowest BCUT2D eigenvalue weighted by Crippen LogP contribution is -2.48. The van der Waals surface area contributed by atoms with Gasteiger partial charge < -0.3 is 25.0 Å². The van der Waals surface area contributed by atoms with E-state index >= 15 is 0 Å². The van der Waals surface area contributed by atoms with E-state index in [-0.39, 0.29) is 48.6 Å². The predicted octanol–water partition coefficient (Wildman–Crippen LogP) is 1.93. The summed E-state index contributed by atoms with van der Waals surface area (Å²) in [4.78, 5) is 21.9. The Hall–Kier alpha value is -0.950. The van der Waals surface area contributed by atoms with Gasteiger partial charge in [0.05, 0.1) is 25.4 Å². The zero-order valence-electron chi connectivity index (χ0n) is 18.5. The van der Waals surface area contributed by atoms with Crippen molar-refractivity contribution < 1.29 is 14.3 Å². The number of ether oxygens (including phenoxy) is 2. The fourth-order valence-corrected chi connectivity index (χ4v) is 4.48. The van der Waals surface area contributed by atoms with Crippen LogP contribution in [-0.2, 0) is 14.3 Å². The minimum atomic E-state index is -0.0204. The first-order chi connectivity index (χ1) is 14.6. The maximum Gasteiger partial charge on any atom is 0.243 e. The van der Waals surface area contributed by atoms with Crippen molar-refractivity contribution in [3.05, 3.63) is 22.4 Å². The predicted molar refractivity (Wildman–Crippen MR) is 135 cm³/mol. The minimum Gasteiger partial charge on any atom is -0.379 e. The number of aliphatic imine (C=N–C) groups is 1. The van der Waals surface area contributed by atoms with Crippen molar-refractivity contribution in [2.75, 3.05) is 66.6 Å². The number of carbonyl (C=O) groups excluding carboxylic acids is 1. The van der Waals surface area contributed by atoms with Gasteiger partial charge >= 0.3 is 0 Å². The van der Waals surface area contributed by atoms with E-state index in [2.05, 4.69) is 38.0 Å². The highest BCUT2D eigenvalue weighted by atomic mass is 127. The first-order valence-corrected chi connectivity index (χ1v) is 11.7. The number of guanidine groups is 1. The van der Waals surface area contributed by atoms with Gasteiger partial charge in [0.15, 0.2) is 5.96 Å². The van der Waals surface area contributed by atoms with Crippen molar-refractivity contribution in [3.63, 3.8) is 0 Å². The van der Waals surface area contributed by atoms with Crippen molar-refractivity contribution in [1.82, 2.24) is 20.4 Å². The zero-order chi connectivity index (χ0) is 21.2. The van der Waals surface area contributed by atoms with Crippen molar-refractivity contribution >= 4 is 47.2 Å². The van der Waals surface area contributed by atoms with E-state index in [1.807, 2.05) is 0 Å². The molecule has 0 spiro atoms. The molecular formula is C21H36IN5O3S. The van der Waals surface area contributed by atoms with Crippen LogP contribution in [-0.4, -0.2) is 94.4 Å². The number of amides is 1. The zero-order valence-corrected chi connectivity index (χ0v) is 21.7. The number of nitrogens with zero attached hydrogens (tertiary/aromatic N) is 3. The smallest absolute Gasteiger partial charge is 0.243 e. The highest BCUT2D eigenvalue weighted by Crippen LogP contribution is 2.25. The SMILES string of the molecule is CN(C)C(=O)CN=C(NCC1CCCCO1)NCC(c1cccs1)N1CCOCC1.I. The molecule has 2 N–H and O–H groups in total. The molecule has 2 fully saturated rings. The van der Waals surface area contributed by atoms with Gasteiger partial charge in [-0.25, -0.2) is 4.99 Å². The molecule has 1 aromatic rings. The molecule has 10 heteroatoms. The molecule has 31 heavy (non-hydrogen) atoms. The lowest BCUT2D eigenvalue weighted by molar-refractivity contribution is -0.127. The molecule has 2 aliphatic rings. The fourth-order valence-electron chi connectivity index (χ4n) is 3.61. The maximum absolute atomic E-state index is 12.0. The number of thiophene rings is 1. The van der Waals surface area contributed by atoms with Crippen LogP contribution in [0, 0.1) is 0 Å². The van der Waals surface area contributed by atoms with Crippen LogP contribution in [0.1, 0.15) is 30.2 Å². The first-order valence-electron chi connectivity index (χ1n) is 10.8. The molecule has 0 radical (unpaired) electrons. The molecule has 3 rings (SSSR count). The average molecular weight is 566 g/mol. The largest absolute Gasteiger partial charge is 0.379 e. The molecule has 2 aliphatic heterocycles. The maximum atomic E-state index is 12.0. The molecule has 3 heterocycles. The van der Waals surface area contributed by atoms with Crippen LogP contribution in [0.4, 0.5) is 0 Å². The number of nitrogens with one attached hydrogen (secondary N) is 2. The molecule has 1 amide bonds. The molecule has 8 nitrogen and oxygen atoms in total. The van der Waals surface area contributed by atoms with Crippen molar-refractivity contribution in [2.24, 2.45) is 4.99 Å². The van der Waals surface area contributed by atoms with Gasteiger partial charge in [0.1, 0.15) is 6.54 Å². The molecule has 176 valence electrons. The molecule has 2 atom stereocenters. The number of carbonyl (C=O) groups is 1. The molecule has 2 saturated heterocycles. The standard InChI is InChI=1S/C21H35N5O3S.HI/c1-25(2)20(27)16-24-21(22-14-17-6-3-4-10-29-17)23-15-18(19-7-5-13-30-19)26-8-11-28-12-9-26;/h5,7,13,17-18H,3-4,6,8-12,14-16H2,1-2H3,(H2,22,23,24);1H. The third kappa shape index (κ3) is 8.83. The second-order valence-electron chi connectivity index (χ2n) is 7.88. The third-order valence-corrected chi connectivity index (χ3v) is 6.44. The Morgan fingerprint density at radius 3 is 2.74 bits per heavy atom. The number of halogens is 1. The monoisotopic (exact) mass is 565 g/mol. The van der Waals surface area contributed by atoms with Crippen molar-refractivity contribution in [1.29, 1.82) is 0 Å². The molecule has 0 aliphatic carbocycles. The number of morpholine rings is 1. The molecule has 0 bridgehead atoms. The quantitative estimate of drug-likeness (QED) is 0.285. The highest BCUT2D eigenvalue weighted by Gasteiger charge is 2.24. The van der Waals surface area contributed by atoms with Gasteiger partial charge in [-0.3, -0.25) is 9.69 Å². The lowest BCUT2D eigenvalue weighted by atomic mass is 10.1. The Kier molecular flexibility index (Phi) is 12.1. The normalized spacial score (nSPS) is 21.1. The second kappa shape index (κ2) is 14.2. The third-order valence-electron chi connectivity index (χ3n) is 5.46. The molecule has 2 unspecified atom stereocenters. The number of likely N-dealkylation sites (N-methyl/N-ethyl adjacent to an activating group) is 1. The summed E-state index contributed by atoms with van der Waals surface area (Å²) in [6.45, 7) is 5.71. The van der Waals surface area contributed by atoms with Crippen LogP contribution in [0.2, 0.25) is 0 Å². The van der Waals surface area contributed by atoms with E-state index in [0.29, 0.717) is 19.0 Å². The summed E-state index contributed by atoms with van der Waals surface area (Å²) < 4.78 is 11.4. The molecule has 0 saturated carbocycles. The molecular weight excluding hydrogens is 529 g/mol. The van der Waals surface area contributed by atoms with Crippen LogP contribution in [0.3, 0.4) is 0 Å². The topological polar surface area (TPSA) is 78.4 Å². The van der Waals surface area contributed by atoms with Crippen molar-refractivity contribution in [2.45, 2.75) is 31.4 Å². The summed E-state index contributed by atoms with van der Waals surface area (Å²) in [6, 6.07) is 4.52. The van der Waals surface area contributed by atoms with Gasteiger partial charge in [0, 0.05) is 51.8 Å². The van der Waals surface area contributed by atoms with Gasteiger partial charge in [-0.2, -0.15) is 0 Å². The minimum absolute atomic E-state index is 0. The van der Waals surface area contributed by atoms with Gasteiger partial charge in [-0.15, -0.1) is 35.3 Å². The Balaban J connectivity index is 0.00000341. The molecule has 1 aromatic heterocycles. The van der Waals surface area contributed by atoms with E-state index in [1.54, 1.807) is 30.3 Å². The summed E-state index contributed by atoms with van der Waals surface area (Å²) in [5.74, 6) is 0.641. The van der Waals surface area contributed by atoms with Crippen LogP contribution in [0.15, 0.2) is 22.5 Å². The van der Waals surface area contributed by atoms with Crippen molar-refractivity contribution in [3.8, 4) is 0 Å². The van der Waals surface area contributed by atoms with Gasteiger partial charge in [-0.1, -0.05) is 6.07 Å². The Labute approximate surface area is 206 Å². The van der Waals surface area contributed by atoms with Crippen LogP contribution in [0.5, 0.6) is 0 Å². The van der Waals surface area contributed by atoms with Gasteiger partial charge in [0.2, 0.25) is 5.91 Å². The van der Waals surface area contributed by atoms with Crippen LogP contribution >= 0.6 is 35.3 Å². The van der Waals surface area contributed by atoms with E-state index in [4.69, 9.17) is 9.47 Å². The fraction of sp³-hybridized carbons (Fsp3) is 0.714. The van der Waals surface area contributed by atoms with Gasteiger partial charge in [-0.05, 0) is 30.7 Å².